The molecule has 2 saturated heterocycles. The summed E-state index contributed by atoms with van der Waals surface area (Å²) in [4.78, 5) is 17.1. The van der Waals surface area contributed by atoms with Gasteiger partial charge >= 0.3 is 0 Å². The fourth-order valence-corrected chi connectivity index (χ4v) is 3.25. The van der Waals surface area contributed by atoms with Crippen LogP contribution >= 0.6 is 0 Å². The van der Waals surface area contributed by atoms with E-state index >= 15 is 0 Å². The van der Waals surface area contributed by atoms with Gasteiger partial charge in [-0.3, -0.25) is 9.69 Å². The Morgan fingerprint density at radius 1 is 1.28 bits per heavy atom. The van der Waals surface area contributed by atoms with Crippen LogP contribution in [-0.2, 0) is 4.79 Å². The number of piperazine rings is 1. The summed E-state index contributed by atoms with van der Waals surface area (Å²) in [6, 6.07) is 0.599. The lowest BCUT2D eigenvalue weighted by Crippen LogP contribution is -2.57. The first-order chi connectivity index (χ1) is 8.63. The van der Waals surface area contributed by atoms with Crippen LogP contribution in [0.5, 0.6) is 0 Å². The van der Waals surface area contributed by atoms with Gasteiger partial charge in [-0.15, -0.1) is 0 Å². The van der Waals surface area contributed by atoms with Crippen molar-refractivity contribution in [3.63, 3.8) is 0 Å². The third kappa shape index (κ3) is 2.86. The second-order valence-corrected chi connectivity index (χ2v) is 6.06. The molecule has 2 heterocycles. The Hall–Kier alpha value is -0.610. The Kier molecular flexibility index (Phi) is 4.62. The molecular weight excluding hydrogens is 226 g/mol. The summed E-state index contributed by atoms with van der Waals surface area (Å²) in [5, 5.41) is 0. The Bertz CT molecular complexity index is 293. The van der Waals surface area contributed by atoms with Crippen LogP contribution in [0.15, 0.2) is 0 Å². The normalized spacial score (nSPS) is 27.1. The van der Waals surface area contributed by atoms with Crippen molar-refractivity contribution >= 4 is 5.91 Å². The average Bonchev–Trinajstić information content (AvgIpc) is 2.38. The Balaban J connectivity index is 1.95. The first-order valence-corrected chi connectivity index (χ1v) is 7.36. The molecule has 1 amide bonds. The van der Waals surface area contributed by atoms with E-state index in [2.05, 4.69) is 23.6 Å². The number of fused-ring (bicyclic) bond motifs is 1. The average molecular weight is 253 g/mol. The van der Waals surface area contributed by atoms with Crippen LogP contribution in [-0.4, -0.2) is 54.5 Å². The molecule has 2 fully saturated rings. The van der Waals surface area contributed by atoms with Gasteiger partial charge in [0.25, 0.3) is 0 Å². The van der Waals surface area contributed by atoms with E-state index in [1.165, 1.54) is 25.8 Å². The minimum absolute atomic E-state index is 0.000130. The van der Waals surface area contributed by atoms with Gasteiger partial charge in [-0.25, -0.2) is 0 Å². The van der Waals surface area contributed by atoms with E-state index in [4.69, 9.17) is 5.73 Å². The molecule has 0 aromatic carbocycles. The molecule has 18 heavy (non-hydrogen) atoms. The van der Waals surface area contributed by atoms with Crippen LogP contribution < -0.4 is 5.73 Å². The molecule has 0 aromatic rings. The molecule has 0 aromatic heterocycles. The number of hydrogen-bond acceptors (Lipinski definition) is 3. The number of nitrogens with zero attached hydrogens (tertiary/aromatic N) is 2. The molecular formula is C14H27N3O. The van der Waals surface area contributed by atoms with Gasteiger partial charge in [-0.05, 0) is 25.3 Å². The van der Waals surface area contributed by atoms with Gasteiger partial charge in [0.2, 0.25) is 5.91 Å². The molecule has 2 aliphatic rings. The molecule has 0 spiro atoms. The Morgan fingerprint density at radius 3 is 2.72 bits per heavy atom. The summed E-state index contributed by atoms with van der Waals surface area (Å²) in [5.74, 6) is 0.616. The molecule has 0 bridgehead atoms. The third-order valence-corrected chi connectivity index (χ3v) is 4.52. The van der Waals surface area contributed by atoms with Crippen molar-refractivity contribution in [3.8, 4) is 0 Å². The Labute approximate surface area is 110 Å². The SMILES string of the molecule is CC(C)C(CN)C(=O)N1CCN2CCCCC2C1. The first-order valence-electron chi connectivity index (χ1n) is 7.36. The van der Waals surface area contributed by atoms with Gasteiger partial charge in [0.05, 0.1) is 5.92 Å². The van der Waals surface area contributed by atoms with Crippen LogP contribution in [0.1, 0.15) is 33.1 Å². The summed E-state index contributed by atoms with van der Waals surface area (Å²) in [6.07, 6.45) is 3.88. The summed E-state index contributed by atoms with van der Waals surface area (Å²) in [5.41, 5.74) is 5.76. The molecule has 104 valence electrons. The van der Waals surface area contributed by atoms with Gasteiger partial charge in [-0.1, -0.05) is 20.3 Å². The zero-order valence-corrected chi connectivity index (χ0v) is 11.8. The summed E-state index contributed by atoms with van der Waals surface area (Å²) >= 11 is 0. The van der Waals surface area contributed by atoms with E-state index in [0.29, 0.717) is 18.5 Å². The van der Waals surface area contributed by atoms with Crippen molar-refractivity contribution in [1.82, 2.24) is 9.80 Å². The van der Waals surface area contributed by atoms with Crippen LogP contribution in [0, 0.1) is 11.8 Å². The van der Waals surface area contributed by atoms with Crippen LogP contribution in [0.3, 0.4) is 0 Å². The molecule has 0 saturated carbocycles. The molecule has 2 aliphatic heterocycles. The molecule has 4 nitrogen and oxygen atoms in total. The Morgan fingerprint density at radius 2 is 2.06 bits per heavy atom. The molecule has 2 rings (SSSR count). The number of amides is 1. The maximum absolute atomic E-state index is 12.5. The van der Waals surface area contributed by atoms with Crippen LogP contribution in [0.2, 0.25) is 0 Å². The van der Waals surface area contributed by atoms with E-state index in [1.807, 2.05) is 0 Å². The predicted molar refractivity (Wildman–Crippen MR) is 73.2 cm³/mol. The number of nitrogens with two attached hydrogens (primary N) is 1. The zero-order chi connectivity index (χ0) is 13.1. The second kappa shape index (κ2) is 6.02. The lowest BCUT2D eigenvalue weighted by molar-refractivity contribution is -0.140. The minimum atomic E-state index is 0.000130. The highest BCUT2D eigenvalue weighted by Gasteiger charge is 2.33. The number of hydrogen-bond donors (Lipinski definition) is 1. The molecule has 4 heteroatoms. The maximum Gasteiger partial charge on any atom is 0.227 e. The van der Waals surface area contributed by atoms with E-state index in [-0.39, 0.29) is 11.8 Å². The number of piperidine rings is 1. The molecule has 0 radical (unpaired) electrons. The van der Waals surface area contributed by atoms with E-state index in [1.54, 1.807) is 0 Å². The van der Waals surface area contributed by atoms with Gasteiger partial charge in [-0.2, -0.15) is 0 Å². The van der Waals surface area contributed by atoms with Crippen molar-refractivity contribution < 1.29 is 4.79 Å². The van der Waals surface area contributed by atoms with E-state index in [0.717, 1.165) is 19.6 Å². The topological polar surface area (TPSA) is 49.6 Å². The summed E-state index contributed by atoms with van der Waals surface area (Å²) in [6.45, 7) is 8.73. The van der Waals surface area contributed by atoms with Crippen LogP contribution in [0.4, 0.5) is 0 Å². The second-order valence-electron chi connectivity index (χ2n) is 6.06. The van der Waals surface area contributed by atoms with Crippen molar-refractivity contribution in [3.05, 3.63) is 0 Å². The third-order valence-electron chi connectivity index (χ3n) is 4.52. The molecule has 2 atom stereocenters. The van der Waals surface area contributed by atoms with Gasteiger partial charge in [0, 0.05) is 32.2 Å². The number of rotatable bonds is 3. The van der Waals surface area contributed by atoms with Gasteiger partial charge < -0.3 is 10.6 Å². The van der Waals surface area contributed by atoms with Crippen molar-refractivity contribution in [1.29, 1.82) is 0 Å². The molecule has 2 N–H and O–H groups in total. The standard InChI is InChI=1S/C14H27N3O/c1-11(2)13(9-15)14(18)17-8-7-16-6-4-3-5-12(16)10-17/h11-13H,3-10,15H2,1-2H3. The summed E-state index contributed by atoms with van der Waals surface area (Å²) < 4.78 is 0. The lowest BCUT2D eigenvalue weighted by Gasteiger charge is -2.45. The van der Waals surface area contributed by atoms with Crippen molar-refractivity contribution in [2.45, 2.75) is 39.2 Å². The highest BCUT2D eigenvalue weighted by Crippen LogP contribution is 2.23. The van der Waals surface area contributed by atoms with E-state index < -0.39 is 0 Å². The summed E-state index contributed by atoms with van der Waals surface area (Å²) in [7, 11) is 0. The van der Waals surface area contributed by atoms with Crippen molar-refractivity contribution in [2.24, 2.45) is 17.6 Å². The van der Waals surface area contributed by atoms with Gasteiger partial charge in [0.15, 0.2) is 0 Å². The van der Waals surface area contributed by atoms with Crippen molar-refractivity contribution in [2.75, 3.05) is 32.7 Å². The molecule has 0 aliphatic carbocycles. The fourth-order valence-electron chi connectivity index (χ4n) is 3.25. The molecule has 2 unspecified atom stereocenters. The quantitative estimate of drug-likeness (QED) is 0.813. The van der Waals surface area contributed by atoms with E-state index in [9.17, 15) is 4.79 Å². The smallest absolute Gasteiger partial charge is 0.227 e. The van der Waals surface area contributed by atoms with Gasteiger partial charge in [0.1, 0.15) is 0 Å². The highest BCUT2D eigenvalue weighted by atomic mass is 16.2. The fraction of sp³-hybridized carbons (Fsp3) is 0.929. The highest BCUT2D eigenvalue weighted by molar-refractivity contribution is 5.79. The number of carbonyl (C=O) groups is 1. The zero-order valence-electron chi connectivity index (χ0n) is 11.8. The maximum atomic E-state index is 12.5. The first kappa shape index (κ1) is 13.8. The largest absolute Gasteiger partial charge is 0.340 e. The minimum Gasteiger partial charge on any atom is -0.340 e. The number of carbonyl (C=O) groups excluding carboxylic acids is 1. The lowest BCUT2D eigenvalue weighted by atomic mass is 9.93. The predicted octanol–water partition coefficient (Wildman–Crippen LogP) is 0.914. The monoisotopic (exact) mass is 253 g/mol. The van der Waals surface area contributed by atoms with Crippen LogP contribution in [0.25, 0.3) is 0 Å².